The van der Waals surface area contributed by atoms with Gasteiger partial charge in [0, 0.05) is 37.1 Å². The van der Waals surface area contributed by atoms with E-state index in [4.69, 9.17) is 14.5 Å². The molecule has 1 unspecified atom stereocenters. The first-order chi connectivity index (χ1) is 19.4. The van der Waals surface area contributed by atoms with Crippen LogP contribution in [0.25, 0.3) is 32.8 Å². The Labute approximate surface area is 238 Å². The number of likely N-dealkylation sites (tertiary alicyclic amines) is 1. The molecule has 1 amide bonds. The van der Waals surface area contributed by atoms with Crippen LogP contribution in [0.15, 0.2) is 29.6 Å². The minimum Gasteiger partial charge on any atom is -0.494 e. The Kier molecular flexibility index (Phi) is 7.31. The number of aryl methyl sites for hydroxylation is 1. The van der Waals surface area contributed by atoms with Gasteiger partial charge in [-0.25, -0.2) is 9.78 Å². The minimum absolute atomic E-state index is 0.130. The molecule has 0 bridgehead atoms. The number of nitrogens with one attached hydrogen (secondary N) is 1. The molecule has 1 saturated heterocycles. The number of thiophene rings is 1. The minimum atomic E-state index is -0.614. The number of hydrogen-bond acceptors (Lipinski definition) is 7. The number of rotatable bonds is 9. The molecular weight excluding hydrogens is 526 g/mol. The van der Waals surface area contributed by atoms with E-state index >= 15 is 0 Å². The van der Waals surface area contributed by atoms with Crippen molar-refractivity contribution in [2.24, 2.45) is 13.0 Å². The van der Waals surface area contributed by atoms with Gasteiger partial charge in [-0.05, 0) is 74.2 Å². The summed E-state index contributed by atoms with van der Waals surface area (Å²) >= 11 is 1.76. The van der Waals surface area contributed by atoms with Crippen LogP contribution in [-0.4, -0.2) is 70.3 Å². The number of carbonyl (C=O) groups excluding carboxylic acids is 2. The van der Waals surface area contributed by atoms with Crippen LogP contribution >= 0.6 is 11.3 Å². The summed E-state index contributed by atoms with van der Waals surface area (Å²) in [6.07, 6.45) is 4.91. The summed E-state index contributed by atoms with van der Waals surface area (Å²) in [5.74, 6) is 1.54. The maximum Gasteiger partial charge on any atom is 0.328 e. The number of hydrogen-bond donors (Lipinski definition) is 1. The van der Waals surface area contributed by atoms with Crippen molar-refractivity contribution in [1.82, 2.24) is 24.3 Å². The summed E-state index contributed by atoms with van der Waals surface area (Å²) < 4.78 is 15.3. The van der Waals surface area contributed by atoms with Crippen LogP contribution in [0.2, 0.25) is 0 Å². The summed E-state index contributed by atoms with van der Waals surface area (Å²) in [4.78, 5) is 34.6. The maximum absolute atomic E-state index is 14.0. The predicted molar refractivity (Wildman–Crippen MR) is 157 cm³/mol. The van der Waals surface area contributed by atoms with E-state index in [1.807, 2.05) is 13.1 Å². The molecule has 2 atom stereocenters. The van der Waals surface area contributed by atoms with Gasteiger partial charge in [0.1, 0.15) is 22.1 Å². The van der Waals surface area contributed by atoms with Crippen LogP contribution in [0.3, 0.4) is 0 Å². The summed E-state index contributed by atoms with van der Waals surface area (Å²) in [6, 6.07) is 7.49. The number of amides is 1. The molecule has 0 spiro atoms. The molecule has 1 aromatic carbocycles. The lowest BCUT2D eigenvalue weighted by molar-refractivity contribution is -0.147. The van der Waals surface area contributed by atoms with Gasteiger partial charge in [-0.1, -0.05) is 6.92 Å². The molecule has 1 saturated carbocycles. The molecule has 10 heteroatoms. The van der Waals surface area contributed by atoms with Crippen molar-refractivity contribution in [2.45, 2.75) is 57.7 Å². The van der Waals surface area contributed by atoms with Crippen LogP contribution in [0.1, 0.15) is 49.4 Å². The summed E-state index contributed by atoms with van der Waals surface area (Å²) in [5, 5.41) is 6.87. The second kappa shape index (κ2) is 10.9. The van der Waals surface area contributed by atoms with Gasteiger partial charge >= 0.3 is 5.97 Å². The second-order valence-electron chi connectivity index (χ2n) is 11.0. The summed E-state index contributed by atoms with van der Waals surface area (Å²) in [6.45, 7) is 4.41. The van der Waals surface area contributed by atoms with Crippen LogP contribution < -0.4 is 10.1 Å². The number of nitrogens with zero attached hydrogens (tertiary/aromatic N) is 4. The van der Waals surface area contributed by atoms with Gasteiger partial charge < -0.3 is 28.8 Å². The van der Waals surface area contributed by atoms with Crippen molar-refractivity contribution in [3.05, 3.63) is 35.2 Å². The first-order valence-electron chi connectivity index (χ1n) is 14.2. The number of ether oxygens (including phenoxy) is 2. The van der Waals surface area contributed by atoms with E-state index in [1.54, 1.807) is 29.4 Å². The molecule has 212 valence electrons. The third-order valence-electron chi connectivity index (χ3n) is 8.27. The molecule has 2 aliphatic rings. The zero-order valence-electron chi connectivity index (χ0n) is 23.6. The highest BCUT2D eigenvalue weighted by Gasteiger charge is 2.37. The number of benzene rings is 1. The van der Waals surface area contributed by atoms with Crippen LogP contribution in [0, 0.1) is 5.92 Å². The highest BCUT2D eigenvalue weighted by atomic mass is 32.1. The topological polar surface area (TPSA) is 90.6 Å². The largest absolute Gasteiger partial charge is 0.494 e. The Morgan fingerprint density at radius 3 is 2.70 bits per heavy atom. The molecule has 1 aliphatic carbocycles. The van der Waals surface area contributed by atoms with Gasteiger partial charge in [0.05, 0.1) is 25.4 Å². The number of esters is 1. The van der Waals surface area contributed by atoms with E-state index < -0.39 is 6.04 Å². The van der Waals surface area contributed by atoms with Crippen molar-refractivity contribution < 1.29 is 19.1 Å². The van der Waals surface area contributed by atoms with Gasteiger partial charge in [-0.2, -0.15) is 0 Å². The van der Waals surface area contributed by atoms with E-state index in [1.165, 1.54) is 30.2 Å². The van der Waals surface area contributed by atoms with Crippen molar-refractivity contribution >= 4 is 44.5 Å². The molecule has 1 N–H and O–H groups in total. The molecule has 4 heterocycles. The Balaban J connectivity index is 1.40. The molecule has 40 heavy (non-hydrogen) atoms. The van der Waals surface area contributed by atoms with Crippen LogP contribution in [-0.2, 0) is 23.1 Å². The van der Waals surface area contributed by atoms with Gasteiger partial charge in [-0.15, -0.1) is 11.3 Å². The van der Waals surface area contributed by atoms with E-state index in [9.17, 15) is 9.59 Å². The van der Waals surface area contributed by atoms with Gasteiger partial charge in [-0.3, -0.25) is 4.79 Å². The lowest BCUT2D eigenvalue weighted by Crippen LogP contribution is -2.55. The molecular formula is C30H37N5O4S. The monoisotopic (exact) mass is 563 g/mol. The second-order valence-corrected chi connectivity index (χ2v) is 11.9. The third kappa shape index (κ3) is 4.77. The number of imidazole rings is 1. The Morgan fingerprint density at radius 2 is 1.98 bits per heavy atom. The number of methoxy groups -OCH3 is 2. The quantitative estimate of drug-likeness (QED) is 0.294. The van der Waals surface area contributed by atoms with Crippen molar-refractivity contribution in [3.8, 4) is 17.3 Å². The number of piperidine rings is 1. The van der Waals surface area contributed by atoms with E-state index in [-0.39, 0.29) is 17.9 Å². The first kappa shape index (κ1) is 26.8. The fourth-order valence-corrected chi connectivity index (χ4v) is 6.88. The predicted octanol–water partition coefficient (Wildman–Crippen LogP) is 4.82. The van der Waals surface area contributed by atoms with Gasteiger partial charge in [0.25, 0.3) is 5.91 Å². The average molecular weight is 564 g/mol. The third-order valence-corrected chi connectivity index (χ3v) is 9.22. The summed E-state index contributed by atoms with van der Waals surface area (Å²) in [7, 11) is 4.99. The number of fused-ring (bicyclic) bond motifs is 2. The average Bonchev–Trinajstić information content (AvgIpc) is 3.43. The SMILES string of the molecule is CCCNC1CC[C@H](C(=O)OC)N(C(=O)c2cc(OC)c3c(c2)nc(-c2cc4ccsc4n2CC2CC2)n3C)C1. The molecule has 0 radical (unpaired) electrons. The molecule has 3 aromatic heterocycles. The number of aromatic nitrogens is 3. The standard InChI is InChI=1S/C30H37N5O4S/c1-5-11-31-21-8-9-23(30(37)39-4)34(17-21)28(36)20-13-22-26(25(15-20)38-3)33(2)27(32-22)24-14-19-10-12-40-29(19)35(24)16-18-6-7-18/h10,12-15,18,21,23,31H,5-9,11,16-17H2,1-4H3/t21?,23-/m1/s1. The van der Waals surface area contributed by atoms with Crippen molar-refractivity contribution in [1.29, 1.82) is 0 Å². The van der Waals surface area contributed by atoms with E-state index in [2.05, 4.69) is 38.9 Å². The Morgan fingerprint density at radius 1 is 1.15 bits per heavy atom. The van der Waals surface area contributed by atoms with Crippen molar-refractivity contribution in [3.63, 3.8) is 0 Å². The smallest absolute Gasteiger partial charge is 0.328 e. The van der Waals surface area contributed by atoms with Crippen LogP contribution in [0.4, 0.5) is 0 Å². The molecule has 9 nitrogen and oxygen atoms in total. The molecule has 6 rings (SSSR count). The van der Waals surface area contributed by atoms with E-state index in [0.29, 0.717) is 35.7 Å². The van der Waals surface area contributed by atoms with Crippen molar-refractivity contribution in [2.75, 3.05) is 27.3 Å². The molecule has 2 fully saturated rings. The molecule has 4 aromatic rings. The highest BCUT2D eigenvalue weighted by Crippen LogP contribution is 2.39. The zero-order chi connectivity index (χ0) is 28.0. The lowest BCUT2D eigenvalue weighted by Gasteiger charge is -2.38. The van der Waals surface area contributed by atoms with Gasteiger partial charge in [0.2, 0.25) is 0 Å². The fraction of sp³-hybridized carbons (Fsp3) is 0.500. The Hall–Kier alpha value is -3.37. The normalized spacial score (nSPS) is 19.4. The molecule has 1 aliphatic heterocycles. The van der Waals surface area contributed by atoms with Crippen LogP contribution in [0.5, 0.6) is 5.75 Å². The number of carbonyl (C=O) groups is 2. The Bertz CT molecular complexity index is 1570. The first-order valence-corrected chi connectivity index (χ1v) is 15.0. The lowest BCUT2D eigenvalue weighted by atomic mass is 9.96. The van der Waals surface area contributed by atoms with Gasteiger partial charge in [0.15, 0.2) is 5.82 Å². The zero-order valence-corrected chi connectivity index (χ0v) is 24.4. The fourth-order valence-electron chi connectivity index (χ4n) is 5.98. The summed E-state index contributed by atoms with van der Waals surface area (Å²) in [5.41, 5.74) is 3.06. The highest BCUT2D eigenvalue weighted by molar-refractivity contribution is 7.16. The van der Waals surface area contributed by atoms with E-state index in [0.717, 1.165) is 43.0 Å². The maximum atomic E-state index is 14.0.